The zero-order chi connectivity index (χ0) is 18.0. The third-order valence-corrected chi connectivity index (χ3v) is 4.95. The molecule has 0 aliphatic rings. The Balaban J connectivity index is 1.54. The highest BCUT2D eigenvalue weighted by molar-refractivity contribution is 7.15. The molecule has 0 atom stereocenters. The van der Waals surface area contributed by atoms with Crippen LogP contribution in [0.2, 0.25) is 10.0 Å². The predicted molar refractivity (Wildman–Crippen MR) is 97.6 cm³/mol. The highest BCUT2D eigenvalue weighted by atomic mass is 35.5. The average molecular weight is 398 g/mol. The first-order valence-corrected chi connectivity index (χ1v) is 8.88. The van der Waals surface area contributed by atoms with Gasteiger partial charge >= 0.3 is 5.97 Å². The van der Waals surface area contributed by atoms with E-state index in [-0.39, 0.29) is 6.42 Å². The highest BCUT2D eigenvalue weighted by Crippen LogP contribution is 2.32. The molecule has 0 radical (unpaired) electrons. The highest BCUT2D eigenvalue weighted by Gasteiger charge is 2.15. The van der Waals surface area contributed by atoms with Gasteiger partial charge in [-0.2, -0.15) is 0 Å². The van der Waals surface area contributed by atoms with Crippen molar-refractivity contribution in [1.82, 2.24) is 9.38 Å². The van der Waals surface area contributed by atoms with Crippen molar-refractivity contribution in [3.05, 3.63) is 51.2 Å². The fourth-order valence-electron chi connectivity index (χ4n) is 2.15. The molecule has 3 aromatic rings. The Bertz CT molecular complexity index is 923. The molecular formula is C16H13Cl2N3O3S. The van der Waals surface area contributed by atoms with Gasteiger partial charge in [0.05, 0.1) is 27.8 Å². The molecule has 0 spiro atoms. The molecule has 2 heterocycles. The molecule has 2 aromatic heterocycles. The van der Waals surface area contributed by atoms with Gasteiger partial charge in [-0.25, -0.2) is 4.98 Å². The SMILES string of the molecule is Cc1ccc(Cl)c(NC(=O)COC(=O)Cc2cn3ccsc3n2)c1Cl. The van der Waals surface area contributed by atoms with Crippen molar-refractivity contribution in [3.63, 3.8) is 0 Å². The maximum Gasteiger partial charge on any atom is 0.312 e. The van der Waals surface area contributed by atoms with E-state index < -0.39 is 18.5 Å². The van der Waals surface area contributed by atoms with Crippen molar-refractivity contribution in [2.75, 3.05) is 11.9 Å². The zero-order valence-electron chi connectivity index (χ0n) is 13.1. The van der Waals surface area contributed by atoms with Crippen LogP contribution in [0.1, 0.15) is 11.3 Å². The first-order chi connectivity index (χ1) is 11.9. The van der Waals surface area contributed by atoms with Crippen LogP contribution in [0, 0.1) is 6.92 Å². The van der Waals surface area contributed by atoms with E-state index in [9.17, 15) is 9.59 Å². The van der Waals surface area contributed by atoms with Gasteiger partial charge in [-0.3, -0.25) is 14.0 Å². The number of rotatable bonds is 5. The molecule has 1 aromatic carbocycles. The number of carbonyl (C=O) groups is 2. The first-order valence-electron chi connectivity index (χ1n) is 7.25. The van der Waals surface area contributed by atoms with Gasteiger partial charge in [-0.15, -0.1) is 11.3 Å². The van der Waals surface area contributed by atoms with E-state index in [1.807, 2.05) is 16.0 Å². The molecule has 25 heavy (non-hydrogen) atoms. The summed E-state index contributed by atoms with van der Waals surface area (Å²) in [7, 11) is 0. The number of hydrogen-bond acceptors (Lipinski definition) is 5. The summed E-state index contributed by atoms with van der Waals surface area (Å²) in [6.45, 7) is 1.37. The van der Waals surface area contributed by atoms with Crippen molar-refractivity contribution >= 4 is 57.1 Å². The zero-order valence-corrected chi connectivity index (χ0v) is 15.4. The lowest BCUT2D eigenvalue weighted by molar-refractivity contribution is -0.146. The van der Waals surface area contributed by atoms with Crippen molar-refractivity contribution in [2.24, 2.45) is 0 Å². The van der Waals surface area contributed by atoms with E-state index in [1.54, 1.807) is 25.3 Å². The van der Waals surface area contributed by atoms with E-state index in [4.69, 9.17) is 27.9 Å². The number of amides is 1. The molecule has 1 amide bonds. The normalized spacial score (nSPS) is 10.8. The van der Waals surface area contributed by atoms with Gasteiger partial charge in [0.2, 0.25) is 0 Å². The quantitative estimate of drug-likeness (QED) is 0.665. The molecule has 6 nitrogen and oxygen atoms in total. The van der Waals surface area contributed by atoms with Gasteiger partial charge in [0.25, 0.3) is 5.91 Å². The Labute approximate surface area is 157 Å². The number of imidazole rings is 1. The summed E-state index contributed by atoms with van der Waals surface area (Å²) in [5, 5.41) is 5.12. The van der Waals surface area contributed by atoms with Crippen molar-refractivity contribution in [1.29, 1.82) is 0 Å². The summed E-state index contributed by atoms with van der Waals surface area (Å²) >= 11 is 13.6. The van der Waals surface area contributed by atoms with Crippen molar-refractivity contribution < 1.29 is 14.3 Å². The van der Waals surface area contributed by atoms with Crippen LogP contribution in [-0.4, -0.2) is 27.9 Å². The molecule has 0 saturated heterocycles. The van der Waals surface area contributed by atoms with E-state index >= 15 is 0 Å². The summed E-state index contributed by atoms with van der Waals surface area (Å²) in [4.78, 5) is 28.9. The number of hydrogen-bond donors (Lipinski definition) is 1. The van der Waals surface area contributed by atoms with E-state index in [0.29, 0.717) is 21.4 Å². The minimum Gasteiger partial charge on any atom is -0.455 e. The standard InChI is InChI=1S/C16H13Cl2N3O3S/c1-9-2-3-11(17)15(14(9)18)20-12(22)8-24-13(23)6-10-7-21-4-5-25-16(21)19-10/h2-5,7H,6,8H2,1H3,(H,20,22). The second kappa shape index (κ2) is 7.43. The summed E-state index contributed by atoms with van der Waals surface area (Å²) in [6.07, 6.45) is 3.59. The van der Waals surface area contributed by atoms with E-state index in [1.165, 1.54) is 11.3 Å². The lowest BCUT2D eigenvalue weighted by atomic mass is 10.2. The maximum absolute atomic E-state index is 12.0. The minimum atomic E-state index is -0.540. The van der Waals surface area contributed by atoms with Crippen LogP contribution in [0.15, 0.2) is 29.9 Å². The number of benzene rings is 1. The summed E-state index contributed by atoms with van der Waals surface area (Å²) in [5.74, 6) is -1.06. The summed E-state index contributed by atoms with van der Waals surface area (Å²) < 4.78 is 6.80. The van der Waals surface area contributed by atoms with Crippen LogP contribution in [-0.2, 0) is 20.7 Å². The molecule has 0 aliphatic heterocycles. The number of carbonyl (C=O) groups excluding carboxylic acids is 2. The van der Waals surface area contributed by atoms with Crippen LogP contribution < -0.4 is 5.32 Å². The third kappa shape index (κ3) is 4.12. The van der Waals surface area contributed by atoms with E-state index in [2.05, 4.69) is 10.3 Å². The number of anilines is 1. The molecule has 9 heteroatoms. The largest absolute Gasteiger partial charge is 0.455 e. The van der Waals surface area contributed by atoms with Gasteiger partial charge < -0.3 is 10.1 Å². The second-order valence-corrected chi connectivity index (χ2v) is 6.92. The Hall–Kier alpha value is -2.09. The van der Waals surface area contributed by atoms with Crippen LogP contribution in [0.3, 0.4) is 0 Å². The van der Waals surface area contributed by atoms with E-state index in [0.717, 1.165) is 10.5 Å². The summed E-state index contributed by atoms with van der Waals surface area (Å²) in [6, 6.07) is 3.38. The lowest BCUT2D eigenvalue weighted by Crippen LogP contribution is -2.22. The maximum atomic E-state index is 12.0. The molecule has 3 rings (SSSR count). The van der Waals surface area contributed by atoms with Gasteiger partial charge in [0.1, 0.15) is 0 Å². The molecular weight excluding hydrogens is 385 g/mol. The second-order valence-electron chi connectivity index (χ2n) is 5.26. The Morgan fingerprint density at radius 3 is 2.92 bits per heavy atom. The predicted octanol–water partition coefficient (Wildman–Crippen LogP) is 3.74. The van der Waals surface area contributed by atoms with Crippen molar-refractivity contribution in [3.8, 4) is 0 Å². The fraction of sp³-hybridized carbons (Fsp3) is 0.188. The van der Waals surface area contributed by atoms with Gasteiger partial charge in [-0.1, -0.05) is 29.3 Å². The topological polar surface area (TPSA) is 72.7 Å². The van der Waals surface area contributed by atoms with Crippen molar-refractivity contribution in [2.45, 2.75) is 13.3 Å². The number of ether oxygens (including phenoxy) is 1. The molecule has 0 saturated carbocycles. The number of aryl methyl sites for hydroxylation is 1. The fourth-order valence-corrected chi connectivity index (χ4v) is 3.34. The molecule has 130 valence electrons. The average Bonchev–Trinajstić information content (AvgIpc) is 3.14. The molecule has 0 fully saturated rings. The number of fused-ring (bicyclic) bond motifs is 1. The smallest absolute Gasteiger partial charge is 0.312 e. The number of esters is 1. The van der Waals surface area contributed by atoms with Gasteiger partial charge in [-0.05, 0) is 18.6 Å². The first kappa shape index (κ1) is 17.7. The van der Waals surface area contributed by atoms with Crippen LogP contribution in [0.4, 0.5) is 5.69 Å². The van der Waals surface area contributed by atoms with Crippen LogP contribution >= 0.6 is 34.5 Å². The molecule has 0 unspecified atom stereocenters. The number of nitrogens with one attached hydrogen (secondary N) is 1. The van der Waals surface area contributed by atoms with Crippen LogP contribution in [0.25, 0.3) is 4.96 Å². The molecule has 1 N–H and O–H groups in total. The number of halogens is 2. The minimum absolute atomic E-state index is 0.00631. The van der Waals surface area contributed by atoms with Gasteiger partial charge in [0, 0.05) is 17.8 Å². The number of nitrogens with zero attached hydrogens (tertiary/aromatic N) is 2. The third-order valence-electron chi connectivity index (χ3n) is 3.38. The Morgan fingerprint density at radius 1 is 1.36 bits per heavy atom. The Morgan fingerprint density at radius 2 is 2.16 bits per heavy atom. The summed E-state index contributed by atoms with van der Waals surface area (Å²) in [5.41, 5.74) is 1.67. The number of thiazole rings is 1. The van der Waals surface area contributed by atoms with Gasteiger partial charge in [0.15, 0.2) is 11.6 Å². The lowest BCUT2D eigenvalue weighted by Gasteiger charge is -2.11. The Kier molecular flexibility index (Phi) is 5.27. The monoisotopic (exact) mass is 397 g/mol. The molecule has 0 aliphatic carbocycles. The van der Waals surface area contributed by atoms with Crippen LogP contribution in [0.5, 0.6) is 0 Å². The number of aromatic nitrogens is 2. The molecule has 0 bridgehead atoms.